The van der Waals surface area contributed by atoms with Crippen molar-refractivity contribution in [2.45, 2.75) is 50.9 Å². The number of nitrogens with zero attached hydrogens (tertiary/aromatic N) is 2. The number of thioether (sulfide) groups is 1. The van der Waals surface area contributed by atoms with Gasteiger partial charge in [0.05, 0.1) is 6.54 Å². The van der Waals surface area contributed by atoms with Gasteiger partial charge in [0.25, 0.3) is 0 Å². The summed E-state index contributed by atoms with van der Waals surface area (Å²) in [6.45, 7) is 5.73. The van der Waals surface area contributed by atoms with Crippen molar-refractivity contribution in [3.63, 3.8) is 0 Å². The van der Waals surface area contributed by atoms with Gasteiger partial charge < -0.3 is 10.6 Å². The quantitative estimate of drug-likeness (QED) is 0.648. The second-order valence-electron chi connectivity index (χ2n) is 5.07. The zero-order chi connectivity index (χ0) is 14.4. The summed E-state index contributed by atoms with van der Waals surface area (Å²) in [7, 11) is 0. The maximum absolute atomic E-state index is 4.65. The van der Waals surface area contributed by atoms with Gasteiger partial charge in [-0.3, -0.25) is 0 Å². The highest BCUT2D eigenvalue weighted by atomic mass is 32.2. The molecule has 0 aliphatic heterocycles. The predicted molar refractivity (Wildman–Crippen MR) is 89.7 cm³/mol. The average Bonchev–Trinajstić information content (AvgIpc) is 3.05. The van der Waals surface area contributed by atoms with Gasteiger partial charge in [0, 0.05) is 28.9 Å². The monoisotopic (exact) mass is 312 g/mol. The lowest BCUT2D eigenvalue weighted by molar-refractivity contribution is 0.615. The molecule has 1 heterocycles. The SMILES string of the molecule is CCNC(=NCc1ncc(C)s1)NC1CCC(SC)C1. The second kappa shape index (κ2) is 7.88. The molecule has 2 unspecified atom stereocenters. The van der Waals surface area contributed by atoms with Crippen LogP contribution in [-0.4, -0.2) is 35.0 Å². The Labute approximate surface area is 129 Å². The maximum Gasteiger partial charge on any atom is 0.191 e. The third-order valence-corrected chi connectivity index (χ3v) is 5.44. The first-order valence-corrected chi connectivity index (χ1v) is 9.30. The van der Waals surface area contributed by atoms with E-state index in [9.17, 15) is 0 Å². The number of thiazole rings is 1. The number of guanidine groups is 1. The zero-order valence-electron chi connectivity index (χ0n) is 12.5. The lowest BCUT2D eigenvalue weighted by Crippen LogP contribution is -2.42. The average molecular weight is 313 g/mol. The number of hydrogen-bond acceptors (Lipinski definition) is 4. The molecule has 1 aliphatic carbocycles. The number of aryl methyl sites for hydroxylation is 1. The van der Waals surface area contributed by atoms with Gasteiger partial charge in [-0.2, -0.15) is 11.8 Å². The van der Waals surface area contributed by atoms with Crippen LogP contribution in [0.4, 0.5) is 0 Å². The summed E-state index contributed by atoms with van der Waals surface area (Å²) in [5.74, 6) is 0.923. The van der Waals surface area contributed by atoms with Gasteiger partial charge in [-0.1, -0.05) is 0 Å². The first kappa shape index (κ1) is 15.6. The third kappa shape index (κ3) is 4.66. The Morgan fingerprint density at radius 1 is 1.55 bits per heavy atom. The van der Waals surface area contributed by atoms with Crippen molar-refractivity contribution in [3.8, 4) is 0 Å². The van der Waals surface area contributed by atoms with Crippen LogP contribution in [-0.2, 0) is 6.54 Å². The summed E-state index contributed by atoms with van der Waals surface area (Å²) in [6.07, 6.45) is 7.91. The number of hydrogen-bond donors (Lipinski definition) is 2. The van der Waals surface area contributed by atoms with Crippen molar-refractivity contribution in [2.75, 3.05) is 12.8 Å². The minimum atomic E-state index is 0.559. The second-order valence-corrected chi connectivity index (χ2v) is 7.53. The van der Waals surface area contributed by atoms with E-state index in [1.165, 1.54) is 24.1 Å². The van der Waals surface area contributed by atoms with Crippen molar-refractivity contribution < 1.29 is 0 Å². The molecule has 0 amide bonds. The lowest BCUT2D eigenvalue weighted by Gasteiger charge is -2.17. The van der Waals surface area contributed by atoms with E-state index in [2.05, 4.69) is 40.7 Å². The molecule has 0 radical (unpaired) electrons. The molecule has 1 aromatic rings. The van der Waals surface area contributed by atoms with Gasteiger partial charge in [0.2, 0.25) is 0 Å². The third-order valence-electron chi connectivity index (χ3n) is 3.44. The molecule has 2 N–H and O–H groups in total. The van der Waals surface area contributed by atoms with Crippen LogP contribution < -0.4 is 10.6 Å². The van der Waals surface area contributed by atoms with Crippen molar-refractivity contribution >= 4 is 29.1 Å². The van der Waals surface area contributed by atoms with Crippen LogP contribution in [0.3, 0.4) is 0 Å². The largest absolute Gasteiger partial charge is 0.357 e. The number of aromatic nitrogens is 1. The molecular weight excluding hydrogens is 288 g/mol. The van der Waals surface area contributed by atoms with E-state index >= 15 is 0 Å². The molecule has 1 aliphatic rings. The minimum Gasteiger partial charge on any atom is -0.357 e. The van der Waals surface area contributed by atoms with Gasteiger partial charge in [0.15, 0.2) is 5.96 Å². The summed E-state index contributed by atoms with van der Waals surface area (Å²) < 4.78 is 0. The van der Waals surface area contributed by atoms with Crippen LogP contribution >= 0.6 is 23.1 Å². The van der Waals surface area contributed by atoms with Crippen molar-refractivity contribution in [1.29, 1.82) is 0 Å². The number of aliphatic imine (C=N–C) groups is 1. The fraction of sp³-hybridized carbons (Fsp3) is 0.714. The van der Waals surface area contributed by atoms with E-state index in [0.29, 0.717) is 12.6 Å². The Morgan fingerprint density at radius 2 is 2.40 bits per heavy atom. The van der Waals surface area contributed by atoms with E-state index in [1.807, 2.05) is 18.0 Å². The molecule has 112 valence electrons. The molecule has 6 heteroatoms. The Bertz CT molecular complexity index is 444. The molecule has 0 saturated heterocycles. The Kier molecular flexibility index (Phi) is 6.16. The van der Waals surface area contributed by atoms with Crippen LogP contribution in [0, 0.1) is 6.92 Å². The normalized spacial score (nSPS) is 23.1. The summed E-state index contributed by atoms with van der Waals surface area (Å²) in [4.78, 5) is 10.2. The van der Waals surface area contributed by atoms with Gasteiger partial charge in [-0.15, -0.1) is 11.3 Å². The standard InChI is InChI=1S/C14H24N4S2/c1-4-15-14(17-9-13-16-8-10(2)20-13)18-11-5-6-12(7-11)19-3/h8,11-12H,4-7,9H2,1-3H3,(H2,15,17,18). The maximum atomic E-state index is 4.65. The molecule has 4 nitrogen and oxygen atoms in total. The molecule has 1 saturated carbocycles. The van der Waals surface area contributed by atoms with Crippen LogP contribution in [0.5, 0.6) is 0 Å². The minimum absolute atomic E-state index is 0.559. The van der Waals surface area contributed by atoms with Crippen LogP contribution in [0.2, 0.25) is 0 Å². The zero-order valence-corrected chi connectivity index (χ0v) is 14.1. The van der Waals surface area contributed by atoms with E-state index in [0.717, 1.165) is 22.8 Å². The first-order chi connectivity index (χ1) is 9.71. The highest BCUT2D eigenvalue weighted by molar-refractivity contribution is 7.99. The molecule has 0 bridgehead atoms. The highest BCUT2D eigenvalue weighted by Crippen LogP contribution is 2.28. The molecule has 1 aromatic heterocycles. The first-order valence-electron chi connectivity index (χ1n) is 7.20. The van der Waals surface area contributed by atoms with E-state index in [4.69, 9.17) is 0 Å². The highest BCUT2D eigenvalue weighted by Gasteiger charge is 2.24. The van der Waals surface area contributed by atoms with Gasteiger partial charge >= 0.3 is 0 Å². The Hall–Kier alpha value is -0.750. The van der Waals surface area contributed by atoms with Gasteiger partial charge in [0.1, 0.15) is 5.01 Å². The molecular formula is C14H24N4S2. The molecule has 2 atom stereocenters. The topological polar surface area (TPSA) is 49.3 Å². The van der Waals surface area contributed by atoms with Crippen LogP contribution in [0.1, 0.15) is 36.1 Å². The predicted octanol–water partition coefficient (Wildman–Crippen LogP) is 2.79. The fourth-order valence-corrected chi connectivity index (χ4v) is 3.93. The van der Waals surface area contributed by atoms with E-state index in [1.54, 1.807) is 11.3 Å². The number of rotatable bonds is 5. The smallest absolute Gasteiger partial charge is 0.191 e. The Balaban J connectivity index is 1.89. The molecule has 2 rings (SSSR count). The summed E-state index contributed by atoms with van der Waals surface area (Å²) >= 11 is 3.70. The summed E-state index contributed by atoms with van der Waals surface area (Å²) in [5.41, 5.74) is 0. The Morgan fingerprint density at radius 3 is 3.00 bits per heavy atom. The van der Waals surface area contributed by atoms with Crippen molar-refractivity contribution in [2.24, 2.45) is 4.99 Å². The molecule has 20 heavy (non-hydrogen) atoms. The van der Waals surface area contributed by atoms with Crippen LogP contribution in [0.15, 0.2) is 11.2 Å². The van der Waals surface area contributed by atoms with Crippen LogP contribution in [0.25, 0.3) is 0 Å². The van der Waals surface area contributed by atoms with Crippen molar-refractivity contribution in [3.05, 3.63) is 16.1 Å². The van der Waals surface area contributed by atoms with E-state index in [-0.39, 0.29) is 0 Å². The fourth-order valence-electron chi connectivity index (χ4n) is 2.42. The molecule has 1 fully saturated rings. The molecule has 0 aromatic carbocycles. The number of nitrogens with one attached hydrogen (secondary N) is 2. The van der Waals surface area contributed by atoms with Gasteiger partial charge in [-0.05, 0) is 39.4 Å². The van der Waals surface area contributed by atoms with E-state index < -0.39 is 0 Å². The lowest BCUT2D eigenvalue weighted by atomic mass is 10.2. The summed E-state index contributed by atoms with van der Waals surface area (Å²) in [6, 6.07) is 0.559. The van der Waals surface area contributed by atoms with Crippen molar-refractivity contribution in [1.82, 2.24) is 15.6 Å². The summed E-state index contributed by atoms with van der Waals surface area (Å²) in [5, 5.41) is 8.77. The molecule has 0 spiro atoms. The van der Waals surface area contributed by atoms with Gasteiger partial charge in [-0.25, -0.2) is 9.98 Å².